The highest BCUT2D eigenvalue weighted by Crippen LogP contribution is 2.29. The Morgan fingerprint density at radius 2 is 2.04 bits per heavy atom. The van der Waals surface area contributed by atoms with Gasteiger partial charge in [-0.2, -0.15) is 11.3 Å². The summed E-state index contributed by atoms with van der Waals surface area (Å²) in [6, 6.07) is 13.7. The fraction of sp³-hybridized carbons (Fsp3) is 0.190. The lowest BCUT2D eigenvalue weighted by atomic mass is 10.1. The maximum Gasteiger partial charge on any atom is 0.176 e. The molecule has 5 nitrogen and oxygen atoms in total. The van der Waals surface area contributed by atoms with Crippen molar-refractivity contribution in [2.75, 3.05) is 0 Å². The van der Waals surface area contributed by atoms with E-state index in [0.717, 1.165) is 16.5 Å². The minimum absolute atomic E-state index is 0.363. The molecule has 0 saturated heterocycles. The van der Waals surface area contributed by atoms with E-state index in [9.17, 15) is 9.50 Å². The molecule has 0 bridgehead atoms. The van der Waals surface area contributed by atoms with Crippen LogP contribution < -0.4 is 10.1 Å². The topological polar surface area (TPSA) is 67.5 Å². The zero-order valence-corrected chi connectivity index (χ0v) is 15.9. The highest BCUT2D eigenvalue weighted by molar-refractivity contribution is 7.07. The summed E-state index contributed by atoms with van der Waals surface area (Å²) < 4.78 is 24.4. The normalized spacial score (nSPS) is 13.5. The summed E-state index contributed by atoms with van der Waals surface area (Å²) >= 11 is 1.63. The molecule has 4 aromatic rings. The highest BCUT2D eigenvalue weighted by atomic mass is 32.1. The maximum absolute atomic E-state index is 13.3. The summed E-state index contributed by atoms with van der Waals surface area (Å²) in [7, 11) is 0. The van der Waals surface area contributed by atoms with Gasteiger partial charge in [0.2, 0.25) is 0 Å². The van der Waals surface area contributed by atoms with Crippen LogP contribution in [-0.4, -0.2) is 22.6 Å². The number of hydrogen-bond acceptors (Lipinski definition) is 6. The van der Waals surface area contributed by atoms with Crippen molar-refractivity contribution < 1.29 is 18.8 Å². The molecular formula is C21H19FN2O3S. The first kappa shape index (κ1) is 18.6. The van der Waals surface area contributed by atoms with E-state index < -0.39 is 12.3 Å². The molecule has 0 aliphatic carbocycles. The van der Waals surface area contributed by atoms with E-state index >= 15 is 0 Å². The molecule has 2 aromatic carbocycles. The van der Waals surface area contributed by atoms with Crippen molar-refractivity contribution in [3.8, 4) is 17.0 Å². The number of aliphatic hydroxyl groups excluding tert-OH is 1. The molecule has 0 aliphatic heterocycles. The van der Waals surface area contributed by atoms with Crippen molar-refractivity contribution in [3.63, 3.8) is 0 Å². The standard InChI is InChI=1S/C21H19FN2O3S/c1-13(25)21(23-11-14-8-9-28-12-14)26-17-5-2-15(3-6-17)20-18-7-4-16(22)10-19(18)27-24-20/h2-10,12-13,21,23,25H,11H2,1H3. The van der Waals surface area contributed by atoms with Gasteiger partial charge in [0, 0.05) is 23.6 Å². The first-order valence-corrected chi connectivity index (χ1v) is 9.79. The fourth-order valence-corrected chi connectivity index (χ4v) is 3.55. The average Bonchev–Trinajstić information content (AvgIpc) is 3.35. The summed E-state index contributed by atoms with van der Waals surface area (Å²) in [4.78, 5) is 0. The van der Waals surface area contributed by atoms with Crippen molar-refractivity contribution in [3.05, 3.63) is 70.7 Å². The molecule has 4 rings (SSSR count). The van der Waals surface area contributed by atoms with Crippen LogP contribution in [0, 0.1) is 5.82 Å². The molecule has 0 aliphatic rings. The second-order valence-electron chi connectivity index (χ2n) is 6.49. The summed E-state index contributed by atoms with van der Waals surface area (Å²) in [5.74, 6) is 0.254. The lowest BCUT2D eigenvalue weighted by Crippen LogP contribution is -2.42. The largest absolute Gasteiger partial charge is 0.473 e. The monoisotopic (exact) mass is 398 g/mol. The van der Waals surface area contributed by atoms with Crippen LogP contribution in [0.2, 0.25) is 0 Å². The third kappa shape index (κ3) is 4.06. The van der Waals surface area contributed by atoms with E-state index in [1.807, 2.05) is 23.6 Å². The summed E-state index contributed by atoms with van der Waals surface area (Å²) in [6.45, 7) is 2.29. The Morgan fingerprint density at radius 3 is 2.75 bits per heavy atom. The number of aliphatic hydroxyl groups is 1. The van der Waals surface area contributed by atoms with Crippen LogP contribution in [0.15, 0.2) is 63.8 Å². The van der Waals surface area contributed by atoms with E-state index in [-0.39, 0.29) is 5.82 Å². The molecule has 28 heavy (non-hydrogen) atoms. The van der Waals surface area contributed by atoms with Gasteiger partial charge >= 0.3 is 0 Å². The summed E-state index contributed by atoms with van der Waals surface area (Å²) in [5, 5.41) is 22.1. The Morgan fingerprint density at radius 1 is 1.21 bits per heavy atom. The van der Waals surface area contributed by atoms with E-state index in [1.165, 1.54) is 12.1 Å². The molecule has 2 unspecified atom stereocenters. The lowest BCUT2D eigenvalue weighted by molar-refractivity contribution is 0.0258. The van der Waals surface area contributed by atoms with Crippen LogP contribution in [0.3, 0.4) is 0 Å². The molecule has 7 heteroatoms. The van der Waals surface area contributed by atoms with Crippen LogP contribution in [0.1, 0.15) is 12.5 Å². The van der Waals surface area contributed by atoms with Gasteiger partial charge in [0.05, 0.1) is 0 Å². The molecule has 0 saturated carbocycles. The van der Waals surface area contributed by atoms with Crippen LogP contribution in [0.25, 0.3) is 22.2 Å². The van der Waals surface area contributed by atoms with Crippen LogP contribution in [-0.2, 0) is 6.54 Å². The highest BCUT2D eigenvalue weighted by Gasteiger charge is 2.17. The molecular weight excluding hydrogens is 379 g/mol. The molecule has 0 fully saturated rings. The molecule has 144 valence electrons. The van der Waals surface area contributed by atoms with Gasteiger partial charge < -0.3 is 14.4 Å². The third-order valence-corrected chi connectivity index (χ3v) is 5.08. The molecule has 2 aromatic heterocycles. The van der Waals surface area contributed by atoms with Crippen LogP contribution in [0.5, 0.6) is 5.75 Å². The van der Waals surface area contributed by atoms with Crippen LogP contribution >= 0.6 is 11.3 Å². The number of ether oxygens (including phenoxy) is 1. The van der Waals surface area contributed by atoms with Gasteiger partial charge in [-0.05, 0) is 65.7 Å². The first-order valence-electron chi connectivity index (χ1n) is 8.85. The number of hydrogen-bond donors (Lipinski definition) is 2. The van der Waals surface area contributed by atoms with Crippen molar-refractivity contribution in [2.24, 2.45) is 0 Å². The quantitative estimate of drug-likeness (QED) is 0.446. The predicted octanol–water partition coefficient (Wildman–Crippen LogP) is 4.57. The van der Waals surface area contributed by atoms with Gasteiger partial charge in [0.15, 0.2) is 11.8 Å². The van der Waals surface area contributed by atoms with Gasteiger partial charge in [-0.25, -0.2) is 4.39 Å². The zero-order chi connectivity index (χ0) is 19.5. The number of nitrogens with zero attached hydrogens (tertiary/aromatic N) is 1. The van der Waals surface area contributed by atoms with E-state index in [1.54, 1.807) is 36.5 Å². The summed E-state index contributed by atoms with van der Waals surface area (Å²) in [6.07, 6.45) is -1.23. The smallest absolute Gasteiger partial charge is 0.176 e. The molecule has 2 atom stereocenters. The Kier molecular flexibility index (Phi) is 5.38. The number of fused-ring (bicyclic) bond motifs is 1. The minimum Gasteiger partial charge on any atom is -0.473 e. The summed E-state index contributed by atoms with van der Waals surface area (Å²) in [5.41, 5.74) is 3.02. The number of aromatic nitrogens is 1. The number of thiophene rings is 1. The molecule has 0 spiro atoms. The number of halogens is 1. The van der Waals surface area contributed by atoms with E-state index in [2.05, 4.69) is 15.9 Å². The van der Waals surface area contributed by atoms with E-state index in [4.69, 9.17) is 9.26 Å². The number of nitrogens with one attached hydrogen (secondary N) is 1. The van der Waals surface area contributed by atoms with Gasteiger partial charge in [0.1, 0.15) is 23.4 Å². The fourth-order valence-electron chi connectivity index (χ4n) is 2.88. The van der Waals surface area contributed by atoms with Crippen LogP contribution in [0.4, 0.5) is 4.39 Å². The SMILES string of the molecule is CC(O)C(NCc1ccsc1)Oc1ccc(-c2noc3cc(F)ccc23)cc1. The average molecular weight is 398 g/mol. The van der Waals surface area contributed by atoms with Crippen molar-refractivity contribution in [2.45, 2.75) is 25.8 Å². The van der Waals surface area contributed by atoms with Crippen molar-refractivity contribution >= 4 is 22.3 Å². The lowest BCUT2D eigenvalue weighted by Gasteiger charge is -2.23. The Balaban J connectivity index is 1.48. The second-order valence-corrected chi connectivity index (χ2v) is 7.27. The van der Waals surface area contributed by atoms with Gasteiger partial charge in [-0.15, -0.1) is 0 Å². The Labute approximate surface area is 165 Å². The minimum atomic E-state index is -0.687. The Hall–Kier alpha value is -2.74. The van der Waals surface area contributed by atoms with E-state index in [0.29, 0.717) is 23.6 Å². The predicted molar refractivity (Wildman–Crippen MR) is 107 cm³/mol. The maximum atomic E-state index is 13.3. The van der Waals surface area contributed by atoms with Gasteiger partial charge in [0.25, 0.3) is 0 Å². The zero-order valence-electron chi connectivity index (χ0n) is 15.1. The molecule has 0 amide bonds. The molecule has 2 heterocycles. The van der Waals surface area contributed by atoms with Gasteiger partial charge in [-0.3, -0.25) is 5.32 Å². The van der Waals surface area contributed by atoms with Crippen molar-refractivity contribution in [1.82, 2.24) is 10.5 Å². The third-order valence-electron chi connectivity index (χ3n) is 4.35. The molecule has 0 radical (unpaired) electrons. The first-order chi connectivity index (χ1) is 13.6. The number of benzene rings is 2. The second kappa shape index (κ2) is 8.10. The molecule has 2 N–H and O–H groups in total. The van der Waals surface area contributed by atoms with Crippen molar-refractivity contribution in [1.29, 1.82) is 0 Å². The Bertz CT molecular complexity index is 1050. The number of rotatable bonds is 7. The van der Waals surface area contributed by atoms with Gasteiger partial charge in [-0.1, -0.05) is 5.16 Å².